The SMILES string of the molecule is CC(=O)NCCOc1cccc(C(=O)N2CCC(Oc3cccc(O)c3)CC2)c1. The van der Waals surface area contributed by atoms with Gasteiger partial charge in [0.25, 0.3) is 5.91 Å². The molecule has 0 bridgehead atoms. The average Bonchev–Trinajstić information content (AvgIpc) is 2.71. The summed E-state index contributed by atoms with van der Waals surface area (Å²) in [4.78, 5) is 25.5. The second-order valence-electron chi connectivity index (χ2n) is 6.97. The monoisotopic (exact) mass is 398 g/mol. The third kappa shape index (κ3) is 6.14. The number of phenols is 1. The number of carbonyl (C=O) groups excluding carboxylic acids is 2. The fourth-order valence-corrected chi connectivity index (χ4v) is 3.22. The molecule has 0 aromatic heterocycles. The topological polar surface area (TPSA) is 88.1 Å². The Morgan fingerprint density at radius 1 is 1.10 bits per heavy atom. The Labute approximate surface area is 170 Å². The molecule has 2 aromatic carbocycles. The molecule has 1 fully saturated rings. The molecule has 2 N–H and O–H groups in total. The smallest absolute Gasteiger partial charge is 0.253 e. The van der Waals surface area contributed by atoms with Crippen LogP contribution in [0, 0.1) is 0 Å². The predicted molar refractivity (Wildman–Crippen MR) is 108 cm³/mol. The summed E-state index contributed by atoms with van der Waals surface area (Å²) in [6.45, 7) is 3.43. The van der Waals surface area contributed by atoms with Gasteiger partial charge in [-0.05, 0) is 30.3 Å². The Balaban J connectivity index is 1.50. The molecule has 154 valence electrons. The van der Waals surface area contributed by atoms with E-state index >= 15 is 0 Å². The molecule has 2 amide bonds. The molecule has 1 aliphatic heterocycles. The van der Waals surface area contributed by atoms with Gasteiger partial charge in [-0.15, -0.1) is 0 Å². The maximum Gasteiger partial charge on any atom is 0.253 e. The maximum atomic E-state index is 12.8. The van der Waals surface area contributed by atoms with Crippen molar-refractivity contribution >= 4 is 11.8 Å². The van der Waals surface area contributed by atoms with Gasteiger partial charge in [0, 0.05) is 44.5 Å². The number of amides is 2. The van der Waals surface area contributed by atoms with E-state index in [-0.39, 0.29) is 23.7 Å². The van der Waals surface area contributed by atoms with Crippen molar-refractivity contribution in [2.75, 3.05) is 26.2 Å². The lowest BCUT2D eigenvalue weighted by atomic mass is 10.1. The fraction of sp³-hybridized carbons (Fsp3) is 0.364. The number of likely N-dealkylation sites (tertiary alicyclic amines) is 1. The van der Waals surface area contributed by atoms with Crippen molar-refractivity contribution in [3.05, 3.63) is 54.1 Å². The van der Waals surface area contributed by atoms with E-state index in [2.05, 4.69) is 5.32 Å². The number of hydrogen-bond acceptors (Lipinski definition) is 5. The molecule has 3 rings (SSSR count). The predicted octanol–water partition coefficient (Wildman–Crippen LogP) is 2.59. The molecule has 0 radical (unpaired) electrons. The third-order valence-corrected chi connectivity index (χ3v) is 4.68. The first kappa shape index (κ1) is 20.5. The van der Waals surface area contributed by atoms with Gasteiger partial charge in [0.1, 0.15) is 30.0 Å². The van der Waals surface area contributed by atoms with Gasteiger partial charge in [-0.25, -0.2) is 0 Å². The molecule has 2 aromatic rings. The van der Waals surface area contributed by atoms with E-state index < -0.39 is 0 Å². The highest BCUT2D eigenvalue weighted by molar-refractivity contribution is 5.94. The highest BCUT2D eigenvalue weighted by Gasteiger charge is 2.25. The van der Waals surface area contributed by atoms with Crippen LogP contribution in [0.1, 0.15) is 30.1 Å². The molecule has 0 aliphatic carbocycles. The average molecular weight is 398 g/mol. The van der Waals surface area contributed by atoms with Gasteiger partial charge in [-0.3, -0.25) is 9.59 Å². The Morgan fingerprint density at radius 2 is 1.83 bits per heavy atom. The number of ether oxygens (including phenoxy) is 2. The lowest BCUT2D eigenvalue weighted by molar-refractivity contribution is -0.119. The molecular weight excluding hydrogens is 372 g/mol. The number of nitrogens with one attached hydrogen (secondary N) is 1. The molecule has 0 saturated carbocycles. The first-order chi connectivity index (χ1) is 14.0. The van der Waals surface area contributed by atoms with Crippen molar-refractivity contribution in [3.8, 4) is 17.2 Å². The van der Waals surface area contributed by atoms with Crippen LogP contribution in [-0.4, -0.2) is 54.2 Å². The third-order valence-electron chi connectivity index (χ3n) is 4.68. The quantitative estimate of drug-likeness (QED) is 0.700. The minimum absolute atomic E-state index is 0.0179. The number of aromatic hydroxyl groups is 1. The number of nitrogens with zero attached hydrogens (tertiary/aromatic N) is 1. The normalized spacial score (nSPS) is 14.3. The highest BCUT2D eigenvalue weighted by atomic mass is 16.5. The maximum absolute atomic E-state index is 12.8. The molecular formula is C22H26N2O5. The van der Waals surface area contributed by atoms with E-state index in [4.69, 9.17) is 9.47 Å². The molecule has 0 unspecified atom stereocenters. The second kappa shape index (κ2) is 9.82. The zero-order valence-electron chi connectivity index (χ0n) is 16.5. The van der Waals surface area contributed by atoms with Crippen LogP contribution in [0.2, 0.25) is 0 Å². The standard InChI is InChI=1S/C22H26N2O5/c1-16(25)23-10-13-28-20-6-2-4-17(14-20)22(27)24-11-8-19(9-12-24)29-21-7-3-5-18(26)15-21/h2-7,14-15,19,26H,8-13H2,1H3,(H,23,25). The summed E-state index contributed by atoms with van der Waals surface area (Å²) in [5.41, 5.74) is 0.578. The lowest BCUT2D eigenvalue weighted by Gasteiger charge is -2.32. The van der Waals surface area contributed by atoms with Gasteiger partial charge in [0.15, 0.2) is 0 Å². The molecule has 29 heavy (non-hydrogen) atoms. The molecule has 1 saturated heterocycles. The van der Waals surface area contributed by atoms with Crippen LogP contribution in [-0.2, 0) is 4.79 Å². The molecule has 1 aliphatic rings. The Kier molecular flexibility index (Phi) is 6.94. The number of hydrogen-bond donors (Lipinski definition) is 2. The van der Waals surface area contributed by atoms with Crippen molar-refractivity contribution < 1.29 is 24.2 Å². The van der Waals surface area contributed by atoms with Crippen LogP contribution in [0.15, 0.2) is 48.5 Å². The summed E-state index contributed by atoms with van der Waals surface area (Å²) in [5.74, 6) is 1.28. The summed E-state index contributed by atoms with van der Waals surface area (Å²) in [7, 11) is 0. The summed E-state index contributed by atoms with van der Waals surface area (Å²) < 4.78 is 11.5. The largest absolute Gasteiger partial charge is 0.508 e. The second-order valence-corrected chi connectivity index (χ2v) is 6.97. The van der Waals surface area contributed by atoms with Crippen LogP contribution in [0.25, 0.3) is 0 Å². The van der Waals surface area contributed by atoms with Gasteiger partial charge in [-0.2, -0.15) is 0 Å². The van der Waals surface area contributed by atoms with E-state index in [0.29, 0.717) is 43.3 Å². The van der Waals surface area contributed by atoms with Crippen molar-refractivity contribution in [2.24, 2.45) is 0 Å². The Bertz CT molecular complexity index is 847. The molecule has 7 heteroatoms. The van der Waals surface area contributed by atoms with Gasteiger partial charge in [0.2, 0.25) is 5.91 Å². The summed E-state index contributed by atoms with van der Waals surface area (Å²) in [5, 5.41) is 12.2. The summed E-state index contributed by atoms with van der Waals surface area (Å²) >= 11 is 0. The van der Waals surface area contributed by atoms with E-state index in [9.17, 15) is 14.7 Å². The van der Waals surface area contributed by atoms with Crippen LogP contribution in [0.3, 0.4) is 0 Å². The molecule has 7 nitrogen and oxygen atoms in total. The lowest BCUT2D eigenvalue weighted by Crippen LogP contribution is -2.41. The van der Waals surface area contributed by atoms with E-state index in [0.717, 1.165) is 12.8 Å². The summed E-state index contributed by atoms with van der Waals surface area (Å²) in [6, 6.07) is 13.8. The molecule has 0 spiro atoms. The number of benzene rings is 2. The zero-order valence-corrected chi connectivity index (χ0v) is 16.5. The number of carbonyl (C=O) groups is 2. The molecule has 1 heterocycles. The Hall–Kier alpha value is -3.22. The first-order valence-electron chi connectivity index (χ1n) is 9.73. The van der Waals surface area contributed by atoms with Gasteiger partial charge < -0.3 is 24.8 Å². The van der Waals surface area contributed by atoms with Gasteiger partial charge in [-0.1, -0.05) is 12.1 Å². The van der Waals surface area contributed by atoms with E-state index in [1.165, 1.54) is 6.92 Å². The fourth-order valence-electron chi connectivity index (χ4n) is 3.22. The Morgan fingerprint density at radius 3 is 2.55 bits per heavy atom. The van der Waals surface area contributed by atoms with Crippen LogP contribution in [0.4, 0.5) is 0 Å². The van der Waals surface area contributed by atoms with Gasteiger partial charge in [0.05, 0.1) is 6.54 Å². The van der Waals surface area contributed by atoms with E-state index in [1.54, 1.807) is 42.5 Å². The van der Waals surface area contributed by atoms with Crippen LogP contribution >= 0.6 is 0 Å². The van der Waals surface area contributed by atoms with Crippen molar-refractivity contribution in [2.45, 2.75) is 25.9 Å². The zero-order chi connectivity index (χ0) is 20.6. The first-order valence-corrected chi connectivity index (χ1v) is 9.73. The number of phenolic OH excluding ortho intramolecular Hbond substituents is 1. The highest BCUT2D eigenvalue weighted by Crippen LogP contribution is 2.23. The minimum Gasteiger partial charge on any atom is -0.508 e. The number of rotatable bonds is 7. The minimum atomic E-state index is -0.103. The van der Waals surface area contributed by atoms with Crippen LogP contribution < -0.4 is 14.8 Å². The van der Waals surface area contributed by atoms with Crippen molar-refractivity contribution in [1.82, 2.24) is 10.2 Å². The summed E-state index contributed by atoms with van der Waals surface area (Å²) in [6.07, 6.45) is 1.48. The molecule has 0 atom stereocenters. The number of piperidine rings is 1. The van der Waals surface area contributed by atoms with Crippen molar-refractivity contribution in [1.29, 1.82) is 0 Å². The van der Waals surface area contributed by atoms with Crippen LogP contribution in [0.5, 0.6) is 17.2 Å². The van der Waals surface area contributed by atoms with Gasteiger partial charge >= 0.3 is 0 Å². The van der Waals surface area contributed by atoms with Crippen molar-refractivity contribution in [3.63, 3.8) is 0 Å². The van der Waals surface area contributed by atoms with E-state index in [1.807, 2.05) is 11.0 Å².